The average molecular weight is 426 g/mol. The van der Waals surface area contributed by atoms with Crippen molar-refractivity contribution in [1.29, 1.82) is 0 Å². The molecule has 8 heteroatoms. The molecule has 2 amide bonds. The van der Waals surface area contributed by atoms with E-state index in [0.717, 1.165) is 37.8 Å². The van der Waals surface area contributed by atoms with Crippen molar-refractivity contribution in [3.63, 3.8) is 0 Å². The summed E-state index contributed by atoms with van der Waals surface area (Å²) in [4.78, 5) is 27.0. The zero-order valence-corrected chi connectivity index (χ0v) is 17.8. The van der Waals surface area contributed by atoms with Crippen molar-refractivity contribution in [2.45, 2.75) is 83.7 Å². The molecule has 2 aliphatic rings. The predicted octanol–water partition coefficient (Wildman–Crippen LogP) is 5.07. The molecule has 3 rings (SSSR count). The number of hydrogen-bond acceptors (Lipinski definition) is 3. The van der Waals surface area contributed by atoms with Crippen LogP contribution in [0.4, 0.5) is 23.7 Å². The van der Waals surface area contributed by atoms with Crippen molar-refractivity contribution in [1.82, 2.24) is 5.32 Å². The highest BCUT2D eigenvalue weighted by Gasteiger charge is 2.41. The maximum absolute atomic E-state index is 13.3. The molecule has 1 unspecified atom stereocenters. The summed E-state index contributed by atoms with van der Waals surface area (Å²) in [6.45, 7) is 7.04. The summed E-state index contributed by atoms with van der Waals surface area (Å²) in [6, 6.07) is 2.35. The Morgan fingerprint density at radius 3 is 2.40 bits per heavy atom. The molecule has 0 radical (unpaired) electrons. The number of fused-ring (bicyclic) bond motifs is 1. The molecule has 1 aliphatic carbocycles. The Labute approximate surface area is 175 Å². The topological polar surface area (TPSA) is 58.6 Å². The molecule has 1 saturated carbocycles. The van der Waals surface area contributed by atoms with Crippen LogP contribution in [0.1, 0.15) is 64.5 Å². The lowest BCUT2D eigenvalue weighted by Crippen LogP contribution is -2.57. The van der Waals surface area contributed by atoms with Crippen LogP contribution < -0.4 is 10.2 Å². The molecule has 5 nitrogen and oxygen atoms in total. The van der Waals surface area contributed by atoms with Crippen LogP contribution in [-0.4, -0.2) is 29.7 Å². The first kappa shape index (κ1) is 22.4. The number of rotatable bonds is 3. The van der Waals surface area contributed by atoms with Crippen LogP contribution in [0.3, 0.4) is 0 Å². The molecular weight excluding hydrogens is 397 g/mol. The van der Waals surface area contributed by atoms with Gasteiger partial charge in [0.2, 0.25) is 5.91 Å². The number of halogens is 3. The maximum atomic E-state index is 13.3. The Kier molecular flexibility index (Phi) is 6.07. The first-order chi connectivity index (χ1) is 13.9. The summed E-state index contributed by atoms with van der Waals surface area (Å²) in [5.74, 6) is -0.177. The summed E-state index contributed by atoms with van der Waals surface area (Å²) < 4.78 is 45.2. The number of nitrogens with zero attached hydrogens (tertiary/aromatic N) is 1. The van der Waals surface area contributed by atoms with Crippen LogP contribution in [0.15, 0.2) is 18.2 Å². The molecule has 2 atom stereocenters. The number of anilines is 1. The number of ether oxygens (including phenoxy) is 1. The van der Waals surface area contributed by atoms with Gasteiger partial charge in [0.25, 0.3) is 0 Å². The second-order valence-corrected chi connectivity index (χ2v) is 9.24. The lowest BCUT2D eigenvalue weighted by Gasteiger charge is -2.40. The maximum Gasteiger partial charge on any atom is 0.416 e. The number of carbonyl (C=O) groups is 2. The predicted molar refractivity (Wildman–Crippen MR) is 107 cm³/mol. The smallest absolute Gasteiger partial charge is 0.416 e. The molecule has 1 N–H and O–H groups in total. The van der Waals surface area contributed by atoms with E-state index >= 15 is 0 Å². The van der Waals surface area contributed by atoms with Gasteiger partial charge in [0.15, 0.2) is 0 Å². The third-order valence-corrected chi connectivity index (χ3v) is 5.81. The van der Waals surface area contributed by atoms with Gasteiger partial charge in [-0.25, -0.2) is 4.79 Å². The van der Waals surface area contributed by atoms with E-state index < -0.39 is 35.4 Å². The van der Waals surface area contributed by atoms with E-state index in [9.17, 15) is 22.8 Å². The third kappa shape index (κ3) is 4.90. The van der Waals surface area contributed by atoms with Gasteiger partial charge in [-0.15, -0.1) is 0 Å². The fourth-order valence-corrected chi connectivity index (χ4v) is 4.36. The minimum Gasteiger partial charge on any atom is -0.444 e. The van der Waals surface area contributed by atoms with Crippen molar-refractivity contribution in [3.8, 4) is 0 Å². The Morgan fingerprint density at radius 1 is 1.20 bits per heavy atom. The molecule has 1 aromatic carbocycles. The van der Waals surface area contributed by atoms with Crippen LogP contribution in [0.2, 0.25) is 0 Å². The molecule has 1 aromatic rings. The lowest BCUT2D eigenvalue weighted by molar-refractivity contribution is -0.137. The number of hydrogen-bond donors (Lipinski definition) is 1. The minimum atomic E-state index is -4.49. The first-order valence-electron chi connectivity index (χ1n) is 10.4. The molecule has 1 heterocycles. The number of nitrogens with one attached hydrogen (secondary N) is 1. The van der Waals surface area contributed by atoms with Crippen molar-refractivity contribution >= 4 is 17.7 Å². The van der Waals surface area contributed by atoms with E-state index in [2.05, 4.69) is 5.32 Å². The number of alkyl halides is 3. The Hall–Kier alpha value is -2.25. The van der Waals surface area contributed by atoms with Gasteiger partial charge >= 0.3 is 12.3 Å². The Balaban J connectivity index is 1.95. The summed E-state index contributed by atoms with van der Waals surface area (Å²) >= 11 is 0. The van der Waals surface area contributed by atoms with Gasteiger partial charge in [-0.1, -0.05) is 18.9 Å². The molecule has 0 bridgehead atoms. The molecule has 30 heavy (non-hydrogen) atoms. The quantitative estimate of drug-likeness (QED) is 0.735. The van der Waals surface area contributed by atoms with Gasteiger partial charge in [0.05, 0.1) is 5.56 Å². The average Bonchev–Trinajstić information content (AvgIpc) is 3.14. The van der Waals surface area contributed by atoms with Crippen molar-refractivity contribution < 1.29 is 27.5 Å². The van der Waals surface area contributed by atoms with Crippen LogP contribution in [0.25, 0.3) is 0 Å². The highest BCUT2D eigenvalue weighted by Crippen LogP contribution is 2.40. The number of benzene rings is 1. The highest BCUT2D eigenvalue weighted by molar-refractivity contribution is 6.02. The van der Waals surface area contributed by atoms with Crippen LogP contribution in [0.5, 0.6) is 0 Å². The van der Waals surface area contributed by atoms with E-state index in [1.165, 1.54) is 11.0 Å². The summed E-state index contributed by atoms with van der Waals surface area (Å²) in [6.07, 6.45) is -1.12. The van der Waals surface area contributed by atoms with Crippen molar-refractivity contribution in [2.75, 3.05) is 4.90 Å². The SMILES string of the molecule is CC(C1CCCC1)N1C(=O)[C@H](NC(=O)OC(C)(C)C)Cc2ccc(C(F)(F)F)cc21. The molecule has 166 valence electrons. The summed E-state index contributed by atoms with van der Waals surface area (Å²) in [7, 11) is 0. The van der Waals surface area contributed by atoms with E-state index in [0.29, 0.717) is 5.56 Å². The molecule has 0 aromatic heterocycles. The fourth-order valence-electron chi connectivity index (χ4n) is 4.36. The van der Waals surface area contributed by atoms with Crippen LogP contribution in [0, 0.1) is 5.92 Å². The second-order valence-electron chi connectivity index (χ2n) is 9.24. The Morgan fingerprint density at radius 2 is 1.83 bits per heavy atom. The first-order valence-corrected chi connectivity index (χ1v) is 10.4. The zero-order chi connectivity index (χ0) is 22.3. The van der Waals surface area contributed by atoms with Gasteiger partial charge in [0, 0.05) is 18.2 Å². The largest absolute Gasteiger partial charge is 0.444 e. The van der Waals surface area contributed by atoms with E-state index in [1.54, 1.807) is 20.8 Å². The zero-order valence-electron chi connectivity index (χ0n) is 17.8. The molecule has 1 aliphatic heterocycles. The monoisotopic (exact) mass is 426 g/mol. The van der Waals surface area contributed by atoms with Gasteiger partial charge in [-0.2, -0.15) is 13.2 Å². The highest BCUT2D eigenvalue weighted by atomic mass is 19.4. The lowest BCUT2D eigenvalue weighted by atomic mass is 9.90. The van der Waals surface area contributed by atoms with E-state index in [-0.39, 0.29) is 24.1 Å². The second kappa shape index (κ2) is 8.12. The molecule has 0 saturated heterocycles. The van der Waals surface area contributed by atoms with Gasteiger partial charge in [0.1, 0.15) is 11.6 Å². The van der Waals surface area contributed by atoms with E-state index in [4.69, 9.17) is 4.74 Å². The summed E-state index contributed by atoms with van der Waals surface area (Å²) in [5.41, 5.74) is -0.612. The third-order valence-electron chi connectivity index (χ3n) is 5.81. The number of amides is 2. The summed E-state index contributed by atoms with van der Waals surface area (Å²) in [5, 5.41) is 2.61. The Bertz CT molecular complexity index is 811. The molecule has 1 fully saturated rings. The van der Waals surface area contributed by atoms with Crippen LogP contribution in [-0.2, 0) is 22.1 Å². The van der Waals surface area contributed by atoms with Crippen molar-refractivity contribution in [2.24, 2.45) is 5.92 Å². The molecule has 0 spiro atoms. The number of carbonyl (C=O) groups excluding carboxylic acids is 2. The normalized spacial score (nSPS) is 21.4. The fraction of sp³-hybridized carbons (Fsp3) is 0.636. The van der Waals surface area contributed by atoms with Crippen LogP contribution >= 0.6 is 0 Å². The molecular formula is C22H29F3N2O3. The van der Waals surface area contributed by atoms with Crippen molar-refractivity contribution in [3.05, 3.63) is 29.3 Å². The van der Waals surface area contributed by atoms with Gasteiger partial charge in [-0.3, -0.25) is 4.79 Å². The number of alkyl carbamates (subject to hydrolysis) is 1. The van der Waals surface area contributed by atoms with E-state index in [1.807, 2.05) is 6.92 Å². The minimum absolute atomic E-state index is 0.124. The van der Waals surface area contributed by atoms with Gasteiger partial charge < -0.3 is 15.0 Å². The standard InChI is InChI=1S/C22H29F3N2O3/c1-13(14-7-5-6-8-14)27-18-12-16(22(23,24)25)10-9-15(18)11-17(19(27)28)26-20(29)30-21(2,3)4/h9-10,12-14,17H,5-8,11H2,1-4H3,(H,26,29)/t13?,17-/m1/s1. The van der Waals surface area contributed by atoms with Gasteiger partial charge in [-0.05, 0) is 64.2 Å².